The standard InChI is InChI=1S/C21H23N7O/c1-29-17-9-19-24-12-16(28(19)27-21(17)13-4-5-13)20-14(10-22)6-7-18(26-20)25-15-3-2-8-23-11-15/h6-7,9,12-13,15,23H,2-5,8,11H2,1H3,(H,25,26)/t15-/m1/s1. The van der Waals surface area contributed by atoms with Gasteiger partial charge in [0.2, 0.25) is 0 Å². The van der Waals surface area contributed by atoms with Gasteiger partial charge in [0, 0.05) is 24.6 Å². The summed E-state index contributed by atoms with van der Waals surface area (Å²) in [4.78, 5) is 9.26. The van der Waals surface area contributed by atoms with Gasteiger partial charge in [-0.3, -0.25) is 0 Å². The molecule has 1 aliphatic carbocycles. The van der Waals surface area contributed by atoms with Crippen LogP contribution in [0.5, 0.6) is 5.75 Å². The van der Waals surface area contributed by atoms with E-state index in [0.29, 0.717) is 34.6 Å². The average Bonchev–Trinajstić information content (AvgIpc) is 3.53. The molecular formula is C21H23N7O. The van der Waals surface area contributed by atoms with Crippen LogP contribution in [0.3, 0.4) is 0 Å². The molecule has 2 fully saturated rings. The van der Waals surface area contributed by atoms with Crippen LogP contribution in [0.2, 0.25) is 0 Å². The number of methoxy groups -OCH3 is 1. The lowest BCUT2D eigenvalue weighted by molar-refractivity contribution is 0.405. The summed E-state index contributed by atoms with van der Waals surface area (Å²) in [5, 5.41) is 21.3. The van der Waals surface area contributed by atoms with Crippen LogP contribution in [0.15, 0.2) is 24.4 Å². The van der Waals surface area contributed by atoms with Gasteiger partial charge in [-0.25, -0.2) is 14.5 Å². The Balaban J connectivity index is 1.57. The number of anilines is 1. The number of nitrogens with one attached hydrogen (secondary N) is 2. The quantitative estimate of drug-likeness (QED) is 0.692. The molecular weight excluding hydrogens is 366 g/mol. The third-order valence-corrected chi connectivity index (χ3v) is 5.58. The molecule has 4 heterocycles. The van der Waals surface area contributed by atoms with Crippen molar-refractivity contribution in [3.8, 4) is 23.2 Å². The second kappa shape index (κ2) is 7.33. The zero-order valence-corrected chi connectivity index (χ0v) is 16.4. The van der Waals surface area contributed by atoms with E-state index in [1.807, 2.05) is 18.2 Å². The molecule has 2 aliphatic rings. The first-order valence-corrected chi connectivity index (χ1v) is 10.1. The van der Waals surface area contributed by atoms with Crippen LogP contribution >= 0.6 is 0 Å². The van der Waals surface area contributed by atoms with Gasteiger partial charge in [-0.1, -0.05) is 0 Å². The first-order valence-electron chi connectivity index (χ1n) is 10.1. The number of nitriles is 1. The molecule has 8 nitrogen and oxygen atoms in total. The number of hydrogen-bond donors (Lipinski definition) is 2. The maximum atomic E-state index is 9.65. The van der Waals surface area contributed by atoms with Gasteiger partial charge >= 0.3 is 0 Å². The van der Waals surface area contributed by atoms with Crippen LogP contribution in [-0.2, 0) is 0 Å². The number of nitrogens with zero attached hydrogens (tertiary/aromatic N) is 5. The van der Waals surface area contributed by atoms with E-state index in [4.69, 9.17) is 14.8 Å². The Morgan fingerprint density at radius 1 is 1.31 bits per heavy atom. The largest absolute Gasteiger partial charge is 0.495 e. The number of aromatic nitrogens is 4. The fourth-order valence-electron chi connectivity index (χ4n) is 3.89. The molecule has 1 saturated heterocycles. The number of imidazole rings is 1. The minimum Gasteiger partial charge on any atom is -0.495 e. The fourth-order valence-corrected chi connectivity index (χ4v) is 3.89. The van der Waals surface area contributed by atoms with Crippen molar-refractivity contribution in [1.29, 1.82) is 5.26 Å². The van der Waals surface area contributed by atoms with Crippen molar-refractivity contribution in [2.45, 2.75) is 37.6 Å². The van der Waals surface area contributed by atoms with E-state index < -0.39 is 0 Å². The summed E-state index contributed by atoms with van der Waals surface area (Å²) in [5.41, 5.74) is 3.44. The molecule has 0 unspecified atom stereocenters. The first kappa shape index (κ1) is 17.9. The molecule has 0 aromatic carbocycles. The second-order valence-corrected chi connectivity index (χ2v) is 7.68. The van der Waals surface area contributed by atoms with Crippen LogP contribution in [0.25, 0.3) is 17.0 Å². The highest BCUT2D eigenvalue weighted by Gasteiger charge is 2.30. The number of piperidine rings is 1. The summed E-state index contributed by atoms with van der Waals surface area (Å²) in [6.07, 6.45) is 6.22. The lowest BCUT2D eigenvalue weighted by Crippen LogP contribution is -2.38. The van der Waals surface area contributed by atoms with Crippen LogP contribution in [0.4, 0.5) is 5.82 Å². The first-order chi connectivity index (χ1) is 14.3. The zero-order chi connectivity index (χ0) is 19.8. The van der Waals surface area contributed by atoms with Gasteiger partial charge in [0.05, 0.1) is 18.9 Å². The predicted molar refractivity (Wildman–Crippen MR) is 109 cm³/mol. The maximum absolute atomic E-state index is 9.65. The van der Waals surface area contributed by atoms with E-state index >= 15 is 0 Å². The minimum atomic E-state index is 0.336. The smallest absolute Gasteiger partial charge is 0.157 e. The molecule has 1 saturated carbocycles. The normalized spacial score (nSPS) is 19.1. The topological polar surface area (TPSA) is 100 Å². The number of fused-ring (bicyclic) bond motifs is 1. The van der Waals surface area contributed by atoms with E-state index in [-0.39, 0.29) is 0 Å². The number of pyridine rings is 1. The fraction of sp³-hybridized carbons (Fsp3) is 0.429. The van der Waals surface area contributed by atoms with Crippen molar-refractivity contribution in [3.63, 3.8) is 0 Å². The maximum Gasteiger partial charge on any atom is 0.157 e. The van der Waals surface area contributed by atoms with Crippen molar-refractivity contribution >= 4 is 11.5 Å². The molecule has 5 rings (SSSR count). The Kier molecular flexibility index (Phi) is 4.52. The van der Waals surface area contributed by atoms with Gasteiger partial charge in [-0.05, 0) is 44.4 Å². The number of ether oxygens (including phenoxy) is 1. The van der Waals surface area contributed by atoms with Crippen molar-refractivity contribution in [2.24, 2.45) is 0 Å². The third-order valence-electron chi connectivity index (χ3n) is 5.58. The lowest BCUT2D eigenvalue weighted by atomic mass is 10.1. The molecule has 0 spiro atoms. The van der Waals surface area contributed by atoms with E-state index in [0.717, 1.165) is 56.0 Å². The molecule has 148 valence electrons. The van der Waals surface area contributed by atoms with E-state index in [2.05, 4.69) is 21.7 Å². The van der Waals surface area contributed by atoms with Gasteiger partial charge < -0.3 is 15.4 Å². The van der Waals surface area contributed by atoms with Crippen molar-refractivity contribution < 1.29 is 4.74 Å². The average molecular weight is 389 g/mol. The Bertz CT molecular complexity index is 1090. The molecule has 3 aromatic rings. The molecule has 0 radical (unpaired) electrons. The minimum absolute atomic E-state index is 0.336. The Morgan fingerprint density at radius 3 is 2.93 bits per heavy atom. The highest BCUT2D eigenvalue weighted by molar-refractivity contribution is 5.68. The van der Waals surface area contributed by atoms with Crippen LogP contribution in [0, 0.1) is 11.3 Å². The highest BCUT2D eigenvalue weighted by Crippen LogP contribution is 2.43. The summed E-state index contributed by atoms with van der Waals surface area (Å²) in [5.74, 6) is 1.96. The lowest BCUT2D eigenvalue weighted by Gasteiger charge is -2.24. The molecule has 2 N–H and O–H groups in total. The summed E-state index contributed by atoms with van der Waals surface area (Å²) in [7, 11) is 1.66. The number of hydrogen-bond acceptors (Lipinski definition) is 7. The molecule has 29 heavy (non-hydrogen) atoms. The van der Waals surface area contributed by atoms with E-state index in [1.54, 1.807) is 17.8 Å². The monoisotopic (exact) mass is 389 g/mol. The number of rotatable bonds is 5. The second-order valence-electron chi connectivity index (χ2n) is 7.68. The SMILES string of the molecule is COc1cc2ncc(-c3nc(N[C@@H]4CCCNC4)ccc3C#N)n2nc1C1CC1. The van der Waals surface area contributed by atoms with Crippen LogP contribution in [0.1, 0.15) is 42.9 Å². The Hall–Kier alpha value is -3.18. The van der Waals surface area contributed by atoms with Gasteiger partial charge in [0.15, 0.2) is 5.65 Å². The molecule has 3 aromatic heterocycles. The molecule has 0 amide bonds. The van der Waals surface area contributed by atoms with Gasteiger partial charge in [-0.2, -0.15) is 10.4 Å². The third kappa shape index (κ3) is 3.38. The summed E-state index contributed by atoms with van der Waals surface area (Å²) < 4.78 is 7.30. The molecule has 8 heteroatoms. The van der Waals surface area contributed by atoms with Crippen LogP contribution < -0.4 is 15.4 Å². The van der Waals surface area contributed by atoms with Gasteiger partial charge in [0.1, 0.15) is 34.7 Å². The highest BCUT2D eigenvalue weighted by atomic mass is 16.5. The van der Waals surface area contributed by atoms with E-state index in [9.17, 15) is 5.26 Å². The summed E-state index contributed by atoms with van der Waals surface area (Å²) >= 11 is 0. The van der Waals surface area contributed by atoms with Crippen molar-refractivity contribution in [2.75, 3.05) is 25.5 Å². The van der Waals surface area contributed by atoms with Gasteiger partial charge in [0.25, 0.3) is 0 Å². The van der Waals surface area contributed by atoms with Gasteiger partial charge in [-0.15, -0.1) is 0 Å². The molecule has 1 aliphatic heterocycles. The Morgan fingerprint density at radius 2 is 2.21 bits per heavy atom. The molecule has 1 atom stereocenters. The summed E-state index contributed by atoms with van der Waals surface area (Å²) in [6, 6.07) is 8.18. The molecule has 0 bridgehead atoms. The van der Waals surface area contributed by atoms with Crippen LogP contribution in [-0.4, -0.2) is 45.8 Å². The van der Waals surface area contributed by atoms with Crippen molar-refractivity contribution in [3.05, 3.63) is 35.7 Å². The van der Waals surface area contributed by atoms with E-state index in [1.165, 1.54) is 0 Å². The Labute approximate surface area is 168 Å². The summed E-state index contributed by atoms with van der Waals surface area (Å²) in [6.45, 7) is 1.98. The predicted octanol–water partition coefficient (Wildman–Crippen LogP) is 2.71. The zero-order valence-electron chi connectivity index (χ0n) is 16.4. The van der Waals surface area contributed by atoms with Crippen molar-refractivity contribution in [1.82, 2.24) is 24.9 Å².